The summed E-state index contributed by atoms with van der Waals surface area (Å²) in [6.45, 7) is 0.267. The van der Waals surface area contributed by atoms with Crippen molar-refractivity contribution in [2.24, 2.45) is 0 Å². The third-order valence-corrected chi connectivity index (χ3v) is 5.27. The van der Waals surface area contributed by atoms with Gasteiger partial charge in [-0.1, -0.05) is 64.5 Å². The van der Waals surface area contributed by atoms with E-state index in [0.29, 0.717) is 12.0 Å². The fourth-order valence-electron chi connectivity index (χ4n) is 3.11. The van der Waals surface area contributed by atoms with E-state index in [9.17, 15) is 15.3 Å². The van der Waals surface area contributed by atoms with Crippen LogP contribution in [0.15, 0.2) is 101 Å². The van der Waals surface area contributed by atoms with Gasteiger partial charge in [-0.15, -0.1) is 5.73 Å². The predicted octanol–water partition coefficient (Wildman–Crippen LogP) is 5.86. The van der Waals surface area contributed by atoms with Crippen LogP contribution in [0.5, 0.6) is 11.5 Å². The van der Waals surface area contributed by atoms with Gasteiger partial charge in [-0.05, 0) is 42.0 Å². The average Bonchev–Trinajstić information content (AvgIpc) is 2.80. The van der Waals surface area contributed by atoms with Gasteiger partial charge in [0.2, 0.25) is 0 Å². The first-order valence-corrected chi connectivity index (χ1v) is 10.8. The molecule has 0 unspecified atom stereocenters. The van der Waals surface area contributed by atoms with Crippen molar-refractivity contribution < 1.29 is 20.1 Å². The first kappa shape index (κ1) is 22.9. The van der Waals surface area contributed by atoms with Crippen molar-refractivity contribution in [1.29, 1.82) is 0 Å². The Morgan fingerprint density at radius 2 is 1.61 bits per heavy atom. The zero-order valence-corrected chi connectivity index (χ0v) is 18.6. The quantitative estimate of drug-likeness (QED) is 0.335. The second-order valence-corrected chi connectivity index (χ2v) is 8.05. The minimum atomic E-state index is -0.875. The Labute approximate surface area is 190 Å². The maximum atomic E-state index is 10.6. The van der Waals surface area contributed by atoms with E-state index in [1.54, 1.807) is 18.2 Å². The van der Waals surface area contributed by atoms with Crippen LogP contribution in [-0.2, 0) is 0 Å². The van der Waals surface area contributed by atoms with Crippen molar-refractivity contribution in [3.8, 4) is 11.5 Å². The number of hydrogen-bond donors (Lipinski definition) is 3. The van der Waals surface area contributed by atoms with Crippen LogP contribution in [0, 0.1) is 0 Å². The SMILES string of the molecule is Oc1ccc(Br)cc1[C@H](O)CC=C=C(COc1ccccc1)C[C@@H](O)c1ccccc1. The number of phenols is 1. The molecule has 0 aliphatic carbocycles. The molecule has 0 saturated carbocycles. The van der Waals surface area contributed by atoms with Crippen LogP contribution in [0.2, 0.25) is 0 Å². The van der Waals surface area contributed by atoms with Gasteiger partial charge in [0.1, 0.15) is 18.1 Å². The van der Waals surface area contributed by atoms with E-state index in [4.69, 9.17) is 4.74 Å². The molecule has 31 heavy (non-hydrogen) atoms. The van der Waals surface area contributed by atoms with Gasteiger partial charge < -0.3 is 20.1 Å². The van der Waals surface area contributed by atoms with Gasteiger partial charge in [0, 0.05) is 28.5 Å². The lowest BCUT2D eigenvalue weighted by Gasteiger charge is -2.14. The molecule has 0 saturated heterocycles. The normalized spacial score (nSPS) is 12.5. The highest BCUT2D eigenvalue weighted by atomic mass is 79.9. The topological polar surface area (TPSA) is 69.9 Å². The van der Waals surface area contributed by atoms with Crippen molar-refractivity contribution in [2.75, 3.05) is 6.61 Å². The smallest absolute Gasteiger partial charge is 0.121 e. The summed E-state index contributed by atoms with van der Waals surface area (Å²) in [4.78, 5) is 0. The maximum Gasteiger partial charge on any atom is 0.121 e. The molecule has 0 heterocycles. The summed E-state index contributed by atoms with van der Waals surface area (Å²) < 4.78 is 6.62. The van der Waals surface area contributed by atoms with Crippen LogP contribution in [0.3, 0.4) is 0 Å². The minimum absolute atomic E-state index is 0.0419. The van der Waals surface area contributed by atoms with Crippen molar-refractivity contribution in [3.63, 3.8) is 0 Å². The lowest BCUT2D eigenvalue weighted by Crippen LogP contribution is -2.06. The molecule has 3 rings (SSSR count). The Hall–Kier alpha value is -2.82. The zero-order chi connectivity index (χ0) is 22.1. The lowest BCUT2D eigenvalue weighted by molar-refractivity contribution is 0.173. The molecule has 4 nitrogen and oxygen atoms in total. The molecule has 3 aromatic carbocycles. The minimum Gasteiger partial charge on any atom is -0.508 e. The number of halogens is 1. The van der Waals surface area contributed by atoms with Crippen LogP contribution in [-0.4, -0.2) is 21.9 Å². The molecule has 160 valence electrons. The van der Waals surface area contributed by atoms with Crippen LogP contribution in [0.1, 0.15) is 36.2 Å². The second-order valence-electron chi connectivity index (χ2n) is 7.14. The summed E-state index contributed by atoms with van der Waals surface area (Å²) in [5.41, 5.74) is 5.21. The molecule has 0 amide bonds. The Morgan fingerprint density at radius 1 is 0.935 bits per heavy atom. The van der Waals surface area contributed by atoms with Crippen molar-refractivity contribution in [1.82, 2.24) is 0 Å². The molecule has 3 N–H and O–H groups in total. The number of para-hydroxylation sites is 1. The van der Waals surface area contributed by atoms with E-state index in [1.807, 2.05) is 60.7 Å². The number of hydrogen-bond acceptors (Lipinski definition) is 4. The average molecular weight is 481 g/mol. The van der Waals surface area contributed by atoms with E-state index in [1.165, 1.54) is 6.07 Å². The van der Waals surface area contributed by atoms with Crippen molar-refractivity contribution in [3.05, 3.63) is 112 Å². The van der Waals surface area contributed by atoms with Gasteiger partial charge >= 0.3 is 0 Å². The molecule has 0 bridgehead atoms. The molecule has 3 aromatic rings. The number of rotatable bonds is 9. The summed E-state index contributed by atoms with van der Waals surface area (Å²) in [6.07, 6.45) is 0.772. The fourth-order valence-corrected chi connectivity index (χ4v) is 3.49. The number of phenolic OH excluding ortho intramolecular Hbond substituents is 1. The summed E-state index contributed by atoms with van der Waals surface area (Å²) in [5.74, 6) is 0.773. The van der Waals surface area contributed by atoms with E-state index in [-0.39, 0.29) is 18.8 Å². The molecule has 2 atom stereocenters. The highest BCUT2D eigenvalue weighted by Gasteiger charge is 2.13. The Bertz CT molecular complexity index is 1030. The monoisotopic (exact) mass is 480 g/mol. The van der Waals surface area contributed by atoms with Crippen LogP contribution in [0.4, 0.5) is 0 Å². The second kappa shape index (κ2) is 11.5. The molecular weight excluding hydrogens is 456 g/mol. The highest BCUT2D eigenvalue weighted by molar-refractivity contribution is 9.10. The van der Waals surface area contributed by atoms with E-state index in [2.05, 4.69) is 21.7 Å². The van der Waals surface area contributed by atoms with Gasteiger partial charge in [-0.3, -0.25) is 0 Å². The maximum absolute atomic E-state index is 10.6. The fraction of sp³-hybridized carbons (Fsp3) is 0.192. The Kier molecular flexibility index (Phi) is 8.51. The molecule has 0 radical (unpaired) electrons. The van der Waals surface area contributed by atoms with Crippen molar-refractivity contribution in [2.45, 2.75) is 25.0 Å². The Balaban J connectivity index is 1.74. The molecule has 5 heteroatoms. The molecule has 0 spiro atoms. The van der Waals surface area contributed by atoms with Gasteiger partial charge in [0.25, 0.3) is 0 Å². The van der Waals surface area contributed by atoms with E-state index in [0.717, 1.165) is 21.4 Å². The summed E-state index contributed by atoms with van der Waals surface area (Å²) >= 11 is 3.35. The molecule has 0 fully saturated rings. The number of aliphatic hydroxyl groups is 2. The molecule has 0 aliphatic rings. The van der Waals surface area contributed by atoms with E-state index >= 15 is 0 Å². The summed E-state index contributed by atoms with van der Waals surface area (Å²) in [6, 6.07) is 23.8. The molecule has 0 aromatic heterocycles. The first-order valence-electron chi connectivity index (χ1n) is 10.0. The van der Waals surface area contributed by atoms with Gasteiger partial charge in [0.05, 0.1) is 12.2 Å². The predicted molar refractivity (Wildman–Crippen MR) is 125 cm³/mol. The van der Waals surface area contributed by atoms with Crippen LogP contribution >= 0.6 is 15.9 Å². The first-order chi connectivity index (χ1) is 15.0. The number of aliphatic hydroxyl groups excluding tert-OH is 2. The third-order valence-electron chi connectivity index (χ3n) is 4.78. The lowest BCUT2D eigenvalue weighted by atomic mass is 10.0. The zero-order valence-electron chi connectivity index (χ0n) is 17.0. The number of ether oxygens (including phenoxy) is 1. The van der Waals surface area contributed by atoms with Gasteiger partial charge in [0.15, 0.2) is 0 Å². The summed E-state index contributed by atoms with van der Waals surface area (Å²) in [7, 11) is 0. The third kappa shape index (κ3) is 7.12. The van der Waals surface area contributed by atoms with E-state index < -0.39 is 12.2 Å². The van der Waals surface area contributed by atoms with Gasteiger partial charge in [-0.2, -0.15) is 0 Å². The van der Waals surface area contributed by atoms with Crippen LogP contribution < -0.4 is 4.74 Å². The molecular formula is C26H25BrO4. The standard InChI is InChI=1S/C26H25BrO4/c27-21-14-15-25(29)23(17-21)24(28)13-7-8-19(18-31-22-11-5-2-6-12-22)16-26(30)20-9-3-1-4-10-20/h1-7,9-12,14-15,17,24,26,28-30H,13,16,18H2/t8?,24-,26-/m1/s1. The van der Waals surface area contributed by atoms with Gasteiger partial charge in [-0.25, -0.2) is 0 Å². The largest absolute Gasteiger partial charge is 0.508 e. The van der Waals surface area contributed by atoms with Crippen LogP contribution in [0.25, 0.3) is 0 Å². The summed E-state index contributed by atoms with van der Waals surface area (Å²) in [5, 5.41) is 31.1. The number of benzene rings is 3. The highest BCUT2D eigenvalue weighted by Crippen LogP contribution is 2.29. The number of aromatic hydroxyl groups is 1. The Morgan fingerprint density at radius 3 is 2.32 bits per heavy atom. The molecule has 0 aliphatic heterocycles. The van der Waals surface area contributed by atoms with Crippen molar-refractivity contribution >= 4 is 15.9 Å².